The van der Waals surface area contributed by atoms with Gasteiger partial charge in [0.1, 0.15) is 5.75 Å². The fourth-order valence-electron chi connectivity index (χ4n) is 4.05. The van der Waals surface area contributed by atoms with Gasteiger partial charge in [0.05, 0.1) is 18.3 Å². The van der Waals surface area contributed by atoms with E-state index >= 15 is 0 Å². The minimum Gasteiger partial charge on any atom is -0.497 e. The molecule has 0 unspecified atom stereocenters. The van der Waals surface area contributed by atoms with Gasteiger partial charge in [-0.1, -0.05) is 37.3 Å². The van der Waals surface area contributed by atoms with Gasteiger partial charge in [0.15, 0.2) is 0 Å². The maximum Gasteiger partial charge on any atom is 0.250 e. The van der Waals surface area contributed by atoms with Crippen molar-refractivity contribution >= 4 is 11.6 Å². The van der Waals surface area contributed by atoms with Gasteiger partial charge >= 0.3 is 0 Å². The van der Waals surface area contributed by atoms with Crippen LogP contribution in [-0.4, -0.2) is 50.7 Å². The maximum atomic E-state index is 11.7. The fourth-order valence-corrected chi connectivity index (χ4v) is 4.05. The smallest absolute Gasteiger partial charge is 0.250 e. The van der Waals surface area contributed by atoms with Crippen molar-refractivity contribution in [1.82, 2.24) is 4.90 Å². The molecular formula is C24H33N3O3. The first-order valence-corrected chi connectivity index (χ1v) is 10.7. The van der Waals surface area contributed by atoms with Gasteiger partial charge in [-0.05, 0) is 43.0 Å². The number of hydrogen-bond donors (Lipinski definition) is 2. The van der Waals surface area contributed by atoms with E-state index in [1.807, 2.05) is 12.1 Å². The molecule has 0 spiro atoms. The zero-order valence-electron chi connectivity index (χ0n) is 18.0. The molecule has 1 aliphatic rings. The number of piperidine rings is 1. The summed E-state index contributed by atoms with van der Waals surface area (Å²) in [6, 6.07) is 15.9. The third-order valence-electron chi connectivity index (χ3n) is 5.78. The maximum absolute atomic E-state index is 11.7. The van der Waals surface area contributed by atoms with Gasteiger partial charge in [0, 0.05) is 38.5 Å². The van der Waals surface area contributed by atoms with Crippen molar-refractivity contribution in [2.45, 2.75) is 31.8 Å². The number of likely N-dealkylation sites (tertiary alicyclic amines) is 1. The highest BCUT2D eigenvalue weighted by molar-refractivity contribution is 5.98. The van der Waals surface area contributed by atoms with E-state index in [0.717, 1.165) is 57.7 Å². The number of anilines is 1. The number of nitrogens with zero attached hydrogens (tertiary/aromatic N) is 1. The molecule has 6 nitrogen and oxygen atoms in total. The number of nitrogens with two attached hydrogens (primary N) is 1. The normalized spacial score (nSPS) is 16.2. The molecule has 1 heterocycles. The lowest BCUT2D eigenvalue weighted by Crippen LogP contribution is -2.45. The van der Waals surface area contributed by atoms with Gasteiger partial charge in [-0.2, -0.15) is 0 Å². The van der Waals surface area contributed by atoms with E-state index in [1.165, 1.54) is 5.56 Å². The van der Waals surface area contributed by atoms with Crippen LogP contribution in [0.3, 0.4) is 0 Å². The van der Waals surface area contributed by atoms with Crippen LogP contribution in [0.15, 0.2) is 48.5 Å². The topological polar surface area (TPSA) is 76.8 Å². The van der Waals surface area contributed by atoms with E-state index in [-0.39, 0.29) is 5.60 Å². The summed E-state index contributed by atoms with van der Waals surface area (Å²) >= 11 is 0. The number of amides is 1. The molecule has 0 bridgehead atoms. The van der Waals surface area contributed by atoms with Crippen LogP contribution in [0.4, 0.5) is 5.69 Å². The molecule has 1 saturated heterocycles. The van der Waals surface area contributed by atoms with Gasteiger partial charge in [-0.3, -0.25) is 4.79 Å². The summed E-state index contributed by atoms with van der Waals surface area (Å²) in [5, 5.41) is 3.35. The molecule has 0 radical (unpaired) electrons. The molecule has 3 rings (SSSR count). The fraction of sp³-hybridized carbons (Fsp3) is 0.458. The lowest BCUT2D eigenvalue weighted by atomic mass is 9.84. The molecule has 1 aliphatic heterocycles. The molecule has 1 fully saturated rings. The van der Waals surface area contributed by atoms with Crippen molar-refractivity contribution < 1.29 is 14.3 Å². The van der Waals surface area contributed by atoms with Crippen molar-refractivity contribution in [2.24, 2.45) is 5.73 Å². The average molecular weight is 412 g/mol. The summed E-state index contributed by atoms with van der Waals surface area (Å²) < 4.78 is 11.6. The second-order valence-electron chi connectivity index (χ2n) is 7.75. The first-order valence-electron chi connectivity index (χ1n) is 10.7. The highest BCUT2D eigenvalue weighted by Crippen LogP contribution is 2.36. The molecule has 2 aromatic carbocycles. The van der Waals surface area contributed by atoms with Crippen molar-refractivity contribution in [1.29, 1.82) is 0 Å². The van der Waals surface area contributed by atoms with Gasteiger partial charge in [-0.25, -0.2) is 0 Å². The van der Waals surface area contributed by atoms with Crippen LogP contribution in [0, 0.1) is 0 Å². The lowest BCUT2D eigenvalue weighted by Gasteiger charge is -2.42. The van der Waals surface area contributed by atoms with Crippen LogP contribution < -0.4 is 15.8 Å². The third-order valence-corrected chi connectivity index (χ3v) is 5.78. The lowest BCUT2D eigenvalue weighted by molar-refractivity contribution is -0.0892. The Morgan fingerprint density at radius 1 is 1.17 bits per heavy atom. The Labute approximate surface area is 179 Å². The van der Waals surface area contributed by atoms with Crippen LogP contribution in [0.5, 0.6) is 5.75 Å². The number of nitrogens with one attached hydrogen (secondary N) is 1. The number of rotatable bonds is 10. The number of benzene rings is 2. The second kappa shape index (κ2) is 10.5. The number of ether oxygens (including phenoxy) is 2. The molecular weight excluding hydrogens is 378 g/mol. The molecule has 0 saturated carbocycles. The molecule has 6 heteroatoms. The van der Waals surface area contributed by atoms with E-state index in [4.69, 9.17) is 15.2 Å². The summed E-state index contributed by atoms with van der Waals surface area (Å²) in [7, 11) is 1.57. The summed E-state index contributed by atoms with van der Waals surface area (Å²) in [6.45, 7) is 6.52. The number of carbonyl (C=O) groups excluding carboxylic acids is 1. The first kappa shape index (κ1) is 22.1. The summed E-state index contributed by atoms with van der Waals surface area (Å²) in [5.41, 5.74) is 7.80. The largest absolute Gasteiger partial charge is 0.497 e. The summed E-state index contributed by atoms with van der Waals surface area (Å²) in [6.07, 6.45) is 2.98. The number of hydrogen-bond acceptors (Lipinski definition) is 5. The third kappa shape index (κ3) is 5.32. The van der Waals surface area contributed by atoms with Crippen LogP contribution in [0.25, 0.3) is 0 Å². The predicted octanol–water partition coefficient (Wildman–Crippen LogP) is 3.62. The highest BCUT2D eigenvalue weighted by atomic mass is 16.5. The van der Waals surface area contributed by atoms with Crippen molar-refractivity contribution in [3.05, 3.63) is 59.7 Å². The zero-order chi connectivity index (χ0) is 21.4. The van der Waals surface area contributed by atoms with Gasteiger partial charge in [0.25, 0.3) is 5.91 Å². The minimum absolute atomic E-state index is 0.184. The molecule has 162 valence electrons. The number of primary amides is 1. The molecule has 2 aromatic rings. The van der Waals surface area contributed by atoms with E-state index in [9.17, 15) is 4.79 Å². The Morgan fingerprint density at radius 3 is 2.53 bits per heavy atom. The quantitative estimate of drug-likeness (QED) is 0.624. The van der Waals surface area contributed by atoms with E-state index in [1.54, 1.807) is 13.2 Å². The van der Waals surface area contributed by atoms with Gasteiger partial charge < -0.3 is 25.4 Å². The standard InChI is InChI=1S/C24H33N3O3/c1-3-17-30-24(19-7-5-4-6-8-19)11-14-27(15-12-24)16-13-26-22-10-9-20(29-2)18-21(22)23(25)28/h4-10,18,26H,3,11-17H2,1-2H3,(H2,25,28). The molecule has 0 atom stereocenters. The van der Waals surface area contributed by atoms with Crippen LogP contribution in [-0.2, 0) is 10.3 Å². The van der Waals surface area contributed by atoms with Crippen molar-refractivity contribution in [3.8, 4) is 5.75 Å². The molecule has 3 N–H and O–H groups in total. The van der Waals surface area contributed by atoms with Crippen LogP contribution in [0.1, 0.15) is 42.1 Å². The Kier molecular flexibility index (Phi) is 7.71. The van der Waals surface area contributed by atoms with Crippen LogP contribution in [0.2, 0.25) is 0 Å². The predicted molar refractivity (Wildman–Crippen MR) is 120 cm³/mol. The number of carbonyl (C=O) groups is 1. The second-order valence-corrected chi connectivity index (χ2v) is 7.75. The molecule has 0 aromatic heterocycles. The van der Waals surface area contributed by atoms with Crippen LogP contribution >= 0.6 is 0 Å². The van der Waals surface area contributed by atoms with E-state index < -0.39 is 5.91 Å². The van der Waals surface area contributed by atoms with Crippen molar-refractivity contribution in [3.63, 3.8) is 0 Å². The monoisotopic (exact) mass is 411 g/mol. The molecule has 0 aliphatic carbocycles. The Morgan fingerprint density at radius 2 is 1.90 bits per heavy atom. The Balaban J connectivity index is 1.56. The Hall–Kier alpha value is -2.57. The van der Waals surface area contributed by atoms with Crippen molar-refractivity contribution in [2.75, 3.05) is 45.2 Å². The SMILES string of the molecule is CCCOC1(c2ccccc2)CCN(CCNc2ccc(OC)cc2C(N)=O)CC1. The number of methoxy groups -OCH3 is 1. The van der Waals surface area contributed by atoms with Gasteiger partial charge in [0.2, 0.25) is 0 Å². The molecule has 30 heavy (non-hydrogen) atoms. The van der Waals surface area contributed by atoms with E-state index in [0.29, 0.717) is 11.3 Å². The first-order chi connectivity index (χ1) is 14.6. The van der Waals surface area contributed by atoms with E-state index in [2.05, 4.69) is 47.5 Å². The average Bonchev–Trinajstić information content (AvgIpc) is 2.79. The minimum atomic E-state index is -0.463. The summed E-state index contributed by atoms with van der Waals surface area (Å²) in [4.78, 5) is 14.2. The zero-order valence-corrected chi connectivity index (χ0v) is 18.0. The Bertz CT molecular complexity index is 818. The highest BCUT2D eigenvalue weighted by Gasteiger charge is 2.36. The summed E-state index contributed by atoms with van der Waals surface area (Å²) in [5.74, 6) is 0.157. The molecule has 1 amide bonds. The van der Waals surface area contributed by atoms with Gasteiger partial charge in [-0.15, -0.1) is 0 Å².